The molecule has 1 aromatic rings. The first-order valence-corrected chi connectivity index (χ1v) is 7.03. The summed E-state index contributed by atoms with van der Waals surface area (Å²) in [6.07, 6.45) is 4.59. The predicted octanol–water partition coefficient (Wildman–Crippen LogP) is 3.62. The Labute approximate surface area is 110 Å². The Morgan fingerprint density at radius 1 is 1.28 bits per heavy atom. The Bertz CT molecular complexity index is 354. The van der Waals surface area contributed by atoms with E-state index in [2.05, 4.69) is 6.92 Å². The van der Waals surface area contributed by atoms with E-state index in [0.29, 0.717) is 0 Å². The molecule has 1 fully saturated rings. The molecule has 1 aromatic carbocycles. The summed E-state index contributed by atoms with van der Waals surface area (Å²) >= 11 is 0. The zero-order valence-electron chi connectivity index (χ0n) is 11.4. The number of rotatable bonds is 6. The minimum absolute atomic E-state index is 0.132. The molecule has 0 saturated heterocycles. The third-order valence-corrected chi connectivity index (χ3v) is 4.00. The number of benzene rings is 1. The number of aliphatic hydroxyl groups excluding tert-OH is 1. The molecule has 100 valence electrons. The van der Waals surface area contributed by atoms with Crippen molar-refractivity contribution in [3.63, 3.8) is 0 Å². The maximum absolute atomic E-state index is 10.2. The van der Waals surface area contributed by atoms with Gasteiger partial charge in [0.25, 0.3) is 0 Å². The molecule has 0 radical (unpaired) electrons. The minimum Gasteiger partial charge on any atom is -0.386 e. The van der Waals surface area contributed by atoms with Crippen LogP contribution < -0.4 is 0 Å². The summed E-state index contributed by atoms with van der Waals surface area (Å²) < 4.78 is 5.74. The van der Waals surface area contributed by atoms with E-state index in [1.54, 1.807) is 0 Å². The van der Waals surface area contributed by atoms with E-state index in [1.165, 1.54) is 24.8 Å². The monoisotopic (exact) mass is 248 g/mol. The van der Waals surface area contributed by atoms with Crippen molar-refractivity contribution in [2.45, 2.75) is 51.7 Å². The van der Waals surface area contributed by atoms with E-state index in [-0.39, 0.29) is 6.10 Å². The lowest BCUT2D eigenvalue weighted by Crippen LogP contribution is -2.21. The van der Waals surface area contributed by atoms with Gasteiger partial charge in [0.1, 0.15) is 6.10 Å². The van der Waals surface area contributed by atoms with Crippen molar-refractivity contribution in [3.05, 3.63) is 35.4 Å². The van der Waals surface area contributed by atoms with Gasteiger partial charge in [-0.3, -0.25) is 0 Å². The van der Waals surface area contributed by atoms with Crippen LogP contribution in [0.5, 0.6) is 0 Å². The van der Waals surface area contributed by atoms with Crippen LogP contribution in [0, 0.1) is 12.8 Å². The summed E-state index contributed by atoms with van der Waals surface area (Å²) in [5, 5.41) is 10.2. The van der Waals surface area contributed by atoms with Crippen LogP contribution in [-0.4, -0.2) is 17.8 Å². The summed E-state index contributed by atoms with van der Waals surface area (Å²) in [6, 6.07) is 8.01. The van der Waals surface area contributed by atoms with E-state index < -0.39 is 6.10 Å². The molecule has 1 N–H and O–H groups in total. The minimum atomic E-state index is -0.521. The van der Waals surface area contributed by atoms with Gasteiger partial charge in [0.2, 0.25) is 0 Å². The summed E-state index contributed by atoms with van der Waals surface area (Å²) in [5.74, 6) is 0.869. The molecule has 1 aliphatic carbocycles. The van der Waals surface area contributed by atoms with Crippen LogP contribution in [0.3, 0.4) is 0 Å². The van der Waals surface area contributed by atoms with Gasteiger partial charge >= 0.3 is 0 Å². The first-order valence-electron chi connectivity index (χ1n) is 7.03. The molecule has 2 heteroatoms. The molecule has 2 rings (SSSR count). The fourth-order valence-electron chi connectivity index (χ4n) is 2.33. The lowest BCUT2D eigenvalue weighted by Gasteiger charge is -2.26. The van der Waals surface area contributed by atoms with Gasteiger partial charge in [0, 0.05) is 6.61 Å². The molecule has 18 heavy (non-hydrogen) atoms. The molecule has 2 unspecified atom stereocenters. The molecule has 2 nitrogen and oxygen atoms in total. The molecule has 0 bridgehead atoms. The Morgan fingerprint density at radius 2 is 1.94 bits per heavy atom. The van der Waals surface area contributed by atoms with Crippen LogP contribution in [-0.2, 0) is 4.74 Å². The molecular weight excluding hydrogens is 224 g/mol. The highest BCUT2D eigenvalue weighted by atomic mass is 16.5. The largest absolute Gasteiger partial charge is 0.386 e. The van der Waals surface area contributed by atoms with Crippen LogP contribution >= 0.6 is 0 Å². The Morgan fingerprint density at radius 3 is 2.50 bits per heavy atom. The van der Waals surface area contributed by atoms with Crippen molar-refractivity contribution < 1.29 is 9.84 Å². The van der Waals surface area contributed by atoms with Crippen molar-refractivity contribution in [2.75, 3.05) is 6.61 Å². The zero-order chi connectivity index (χ0) is 13.0. The normalized spacial score (nSPS) is 19.3. The number of aliphatic hydroxyl groups is 1. The van der Waals surface area contributed by atoms with E-state index in [9.17, 15) is 5.11 Å². The fourth-order valence-corrected chi connectivity index (χ4v) is 2.33. The maximum Gasteiger partial charge on any atom is 0.105 e. The van der Waals surface area contributed by atoms with Crippen molar-refractivity contribution in [3.8, 4) is 0 Å². The Kier molecular flexibility index (Phi) is 4.79. The van der Waals surface area contributed by atoms with Crippen LogP contribution in [0.25, 0.3) is 0 Å². The first kappa shape index (κ1) is 13.6. The van der Waals surface area contributed by atoms with Gasteiger partial charge in [0.15, 0.2) is 0 Å². The standard InChI is InChI=1S/C16H24O2/c1-12-6-8-15(9-7-12)16(17)13(2)18-11-10-14-4-3-5-14/h6-9,13-14,16-17H,3-5,10-11H2,1-2H3. The molecule has 0 aliphatic heterocycles. The lowest BCUT2D eigenvalue weighted by molar-refractivity contribution is -0.0344. The smallest absolute Gasteiger partial charge is 0.105 e. The molecule has 0 aromatic heterocycles. The third-order valence-electron chi connectivity index (χ3n) is 4.00. The molecule has 0 amide bonds. The average Bonchev–Trinajstić information content (AvgIpc) is 2.32. The van der Waals surface area contributed by atoms with E-state index in [1.807, 2.05) is 31.2 Å². The van der Waals surface area contributed by atoms with Crippen molar-refractivity contribution in [1.29, 1.82) is 0 Å². The van der Waals surface area contributed by atoms with E-state index >= 15 is 0 Å². The van der Waals surface area contributed by atoms with Crippen LogP contribution in [0.15, 0.2) is 24.3 Å². The Hall–Kier alpha value is -0.860. The molecule has 1 aliphatic rings. The summed E-state index contributed by atoms with van der Waals surface area (Å²) in [5.41, 5.74) is 2.15. The summed E-state index contributed by atoms with van der Waals surface area (Å²) in [4.78, 5) is 0. The second kappa shape index (κ2) is 6.35. The quantitative estimate of drug-likeness (QED) is 0.833. The van der Waals surface area contributed by atoms with Crippen molar-refractivity contribution in [2.24, 2.45) is 5.92 Å². The van der Waals surface area contributed by atoms with Gasteiger partial charge in [-0.15, -0.1) is 0 Å². The molecular formula is C16H24O2. The Balaban J connectivity index is 1.76. The van der Waals surface area contributed by atoms with Crippen LogP contribution in [0.2, 0.25) is 0 Å². The first-order chi connectivity index (χ1) is 8.66. The van der Waals surface area contributed by atoms with Crippen LogP contribution in [0.1, 0.15) is 49.8 Å². The predicted molar refractivity (Wildman–Crippen MR) is 73.5 cm³/mol. The van der Waals surface area contributed by atoms with Gasteiger partial charge in [-0.1, -0.05) is 49.1 Å². The molecule has 0 heterocycles. The SMILES string of the molecule is Cc1ccc(C(O)C(C)OCCC2CCC2)cc1. The van der Waals surface area contributed by atoms with Gasteiger partial charge < -0.3 is 9.84 Å². The lowest BCUT2D eigenvalue weighted by atomic mass is 9.83. The van der Waals surface area contributed by atoms with Gasteiger partial charge in [-0.05, 0) is 31.7 Å². The second-order valence-electron chi connectivity index (χ2n) is 5.52. The molecule has 1 saturated carbocycles. The van der Waals surface area contributed by atoms with Crippen LogP contribution in [0.4, 0.5) is 0 Å². The highest BCUT2D eigenvalue weighted by Crippen LogP contribution is 2.29. The molecule has 2 atom stereocenters. The zero-order valence-corrected chi connectivity index (χ0v) is 11.4. The fraction of sp³-hybridized carbons (Fsp3) is 0.625. The van der Waals surface area contributed by atoms with Gasteiger partial charge in [0.05, 0.1) is 6.10 Å². The highest BCUT2D eigenvalue weighted by molar-refractivity contribution is 5.23. The number of ether oxygens (including phenoxy) is 1. The third kappa shape index (κ3) is 3.56. The van der Waals surface area contributed by atoms with Gasteiger partial charge in [-0.2, -0.15) is 0 Å². The maximum atomic E-state index is 10.2. The summed E-state index contributed by atoms with van der Waals surface area (Å²) in [6.45, 7) is 4.77. The van der Waals surface area contributed by atoms with E-state index in [0.717, 1.165) is 24.5 Å². The summed E-state index contributed by atoms with van der Waals surface area (Å²) in [7, 11) is 0. The highest BCUT2D eigenvalue weighted by Gasteiger charge is 2.20. The number of aryl methyl sites for hydroxylation is 1. The number of hydrogen-bond donors (Lipinski definition) is 1. The number of hydrogen-bond acceptors (Lipinski definition) is 2. The second-order valence-corrected chi connectivity index (χ2v) is 5.52. The average molecular weight is 248 g/mol. The van der Waals surface area contributed by atoms with E-state index in [4.69, 9.17) is 4.74 Å². The van der Waals surface area contributed by atoms with Crippen molar-refractivity contribution in [1.82, 2.24) is 0 Å². The van der Waals surface area contributed by atoms with Crippen molar-refractivity contribution >= 4 is 0 Å². The molecule has 0 spiro atoms. The van der Waals surface area contributed by atoms with Gasteiger partial charge in [-0.25, -0.2) is 0 Å². The topological polar surface area (TPSA) is 29.5 Å².